The lowest BCUT2D eigenvalue weighted by Crippen LogP contribution is -2.27. The molecule has 3 aromatic carbocycles. The zero-order chi connectivity index (χ0) is 25.7. The van der Waals surface area contributed by atoms with Gasteiger partial charge in [0.25, 0.3) is 11.8 Å². The van der Waals surface area contributed by atoms with Crippen LogP contribution in [-0.4, -0.2) is 37.0 Å². The molecule has 0 atom stereocenters. The van der Waals surface area contributed by atoms with E-state index in [1.165, 1.54) is 36.3 Å². The standard InChI is InChI=1S/C26H21FN2O5S2/c1-32-20-10-6-18(7-11-20)28-24(30)15-34-21-12-3-16(13-22(21)33-2)14-23-25(31)29(26(35)36-23)19-8-4-17(27)5-9-19/h3-14H,15H2,1-2H3,(H,28,30)/b23-14-. The third kappa shape index (κ3) is 5.84. The van der Waals surface area contributed by atoms with Crippen LogP contribution in [0.1, 0.15) is 5.56 Å². The molecule has 0 aromatic heterocycles. The number of hydrogen-bond donors (Lipinski definition) is 1. The van der Waals surface area contributed by atoms with Crippen LogP contribution in [0.3, 0.4) is 0 Å². The summed E-state index contributed by atoms with van der Waals surface area (Å²) in [7, 11) is 3.05. The number of anilines is 2. The normalized spacial score (nSPS) is 14.2. The molecule has 7 nitrogen and oxygen atoms in total. The number of benzene rings is 3. The Morgan fingerprint density at radius 2 is 1.75 bits per heavy atom. The van der Waals surface area contributed by atoms with Gasteiger partial charge in [0.05, 0.1) is 24.8 Å². The number of nitrogens with one attached hydrogen (secondary N) is 1. The summed E-state index contributed by atoms with van der Waals surface area (Å²) in [4.78, 5) is 27.0. The van der Waals surface area contributed by atoms with Crippen molar-refractivity contribution < 1.29 is 28.2 Å². The van der Waals surface area contributed by atoms with Gasteiger partial charge in [-0.1, -0.05) is 30.0 Å². The van der Waals surface area contributed by atoms with Gasteiger partial charge in [0, 0.05) is 5.69 Å². The van der Waals surface area contributed by atoms with Crippen molar-refractivity contribution in [2.45, 2.75) is 0 Å². The van der Waals surface area contributed by atoms with E-state index in [9.17, 15) is 14.0 Å². The highest BCUT2D eigenvalue weighted by Crippen LogP contribution is 2.37. The maximum atomic E-state index is 13.3. The number of rotatable bonds is 8. The van der Waals surface area contributed by atoms with E-state index in [0.717, 1.165) is 11.8 Å². The van der Waals surface area contributed by atoms with Gasteiger partial charge >= 0.3 is 0 Å². The van der Waals surface area contributed by atoms with E-state index in [1.54, 1.807) is 55.7 Å². The summed E-state index contributed by atoms with van der Waals surface area (Å²) in [5.41, 5.74) is 1.79. The Labute approximate surface area is 216 Å². The number of halogens is 1. The molecular weight excluding hydrogens is 503 g/mol. The molecule has 0 unspecified atom stereocenters. The number of thioether (sulfide) groups is 1. The second-order valence-corrected chi connectivity index (χ2v) is 9.14. The highest BCUT2D eigenvalue weighted by atomic mass is 32.2. The lowest BCUT2D eigenvalue weighted by molar-refractivity contribution is -0.118. The van der Waals surface area contributed by atoms with Crippen molar-refractivity contribution in [3.8, 4) is 17.2 Å². The minimum atomic E-state index is -0.396. The monoisotopic (exact) mass is 524 g/mol. The summed E-state index contributed by atoms with van der Waals surface area (Å²) in [6, 6.07) is 17.6. The van der Waals surface area contributed by atoms with Crippen molar-refractivity contribution in [2.24, 2.45) is 0 Å². The Hall–Kier alpha value is -3.89. The van der Waals surface area contributed by atoms with Gasteiger partial charge in [0.15, 0.2) is 22.4 Å². The molecule has 10 heteroatoms. The Balaban J connectivity index is 1.43. The quantitative estimate of drug-likeness (QED) is 0.318. The predicted octanol–water partition coefficient (Wildman–Crippen LogP) is 5.27. The second kappa shape index (κ2) is 11.2. The van der Waals surface area contributed by atoms with E-state index in [-0.39, 0.29) is 18.4 Å². The van der Waals surface area contributed by atoms with Gasteiger partial charge in [-0.05, 0) is 72.3 Å². The minimum Gasteiger partial charge on any atom is -0.497 e. The predicted molar refractivity (Wildman–Crippen MR) is 142 cm³/mol. The summed E-state index contributed by atoms with van der Waals surface area (Å²) in [6.45, 7) is -0.224. The maximum absolute atomic E-state index is 13.3. The second-order valence-electron chi connectivity index (χ2n) is 7.47. The van der Waals surface area contributed by atoms with Crippen LogP contribution in [-0.2, 0) is 9.59 Å². The van der Waals surface area contributed by atoms with Crippen LogP contribution in [0, 0.1) is 5.82 Å². The van der Waals surface area contributed by atoms with Gasteiger partial charge in [0.2, 0.25) is 0 Å². The zero-order valence-electron chi connectivity index (χ0n) is 19.3. The number of amides is 2. The lowest BCUT2D eigenvalue weighted by Gasteiger charge is -2.14. The molecule has 0 radical (unpaired) electrons. The molecule has 1 aliphatic heterocycles. The fourth-order valence-corrected chi connectivity index (χ4v) is 4.64. The Bertz CT molecular complexity index is 1330. The molecule has 3 aromatic rings. The molecule has 0 bridgehead atoms. The zero-order valence-corrected chi connectivity index (χ0v) is 21.0. The van der Waals surface area contributed by atoms with Gasteiger partial charge in [0.1, 0.15) is 11.6 Å². The molecule has 1 fully saturated rings. The largest absolute Gasteiger partial charge is 0.497 e. The van der Waals surface area contributed by atoms with Crippen molar-refractivity contribution in [1.29, 1.82) is 0 Å². The molecule has 0 saturated carbocycles. The number of thiocarbonyl (C=S) groups is 1. The fourth-order valence-electron chi connectivity index (χ4n) is 3.34. The van der Waals surface area contributed by atoms with Crippen LogP contribution in [0.15, 0.2) is 71.6 Å². The third-order valence-electron chi connectivity index (χ3n) is 5.10. The SMILES string of the molecule is COc1ccc(NC(=O)COc2ccc(/C=C3\SC(=S)N(c4ccc(F)cc4)C3=O)cc2OC)cc1. The van der Waals surface area contributed by atoms with Crippen LogP contribution in [0.25, 0.3) is 6.08 Å². The molecule has 1 saturated heterocycles. The number of carbonyl (C=O) groups excluding carboxylic acids is 2. The Morgan fingerprint density at radius 1 is 1.03 bits per heavy atom. The Kier molecular flexibility index (Phi) is 7.87. The molecule has 1 aliphatic rings. The molecule has 0 aliphatic carbocycles. The first kappa shape index (κ1) is 25.2. The van der Waals surface area contributed by atoms with Gasteiger partial charge in [-0.15, -0.1) is 0 Å². The number of carbonyl (C=O) groups is 2. The molecule has 1 N–H and O–H groups in total. The van der Waals surface area contributed by atoms with Crippen molar-refractivity contribution in [1.82, 2.24) is 0 Å². The van der Waals surface area contributed by atoms with Gasteiger partial charge in [-0.2, -0.15) is 0 Å². The fraction of sp³-hybridized carbons (Fsp3) is 0.115. The first-order chi connectivity index (χ1) is 17.4. The number of hydrogen-bond acceptors (Lipinski definition) is 7. The van der Waals surface area contributed by atoms with Gasteiger partial charge < -0.3 is 19.5 Å². The lowest BCUT2D eigenvalue weighted by atomic mass is 10.2. The van der Waals surface area contributed by atoms with Gasteiger partial charge in [-0.3, -0.25) is 14.5 Å². The highest BCUT2D eigenvalue weighted by Gasteiger charge is 2.33. The van der Waals surface area contributed by atoms with E-state index in [0.29, 0.717) is 43.4 Å². The van der Waals surface area contributed by atoms with Crippen LogP contribution < -0.4 is 24.4 Å². The van der Waals surface area contributed by atoms with Crippen molar-refractivity contribution in [2.75, 3.05) is 31.0 Å². The maximum Gasteiger partial charge on any atom is 0.270 e. The van der Waals surface area contributed by atoms with Crippen LogP contribution in [0.5, 0.6) is 17.2 Å². The summed E-state index contributed by atoms with van der Waals surface area (Å²) >= 11 is 6.51. The van der Waals surface area contributed by atoms with E-state index in [1.807, 2.05) is 0 Å². The van der Waals surface area contributed by atoms with Crippen molar-refractivity contribution in [3.05, 3.63) is 83.0 Å². The van der Waals surface area contributed by atoms with Gasteiger partial charge in [-0.25, -0.2) is 4.39 Å². The number of methoxy groups -OCH3 is 2. The van der Waals surface area contributed by atoms with Crippen LogP contribution >= 0.6 is 24.0 Å². The summed E-state index contributed by atoms with van der Waals surface area (Å²) in [6.07, 6.45) is 1.69. The molecule has 4 rings (SSSR count). The van der Waals surface area contributed by atoms with E-state index >= 15 is 0 Å². The first-order valence-electron chi connectivity index (χ1n) is 10.7. The number of ether oxygens (including phenoxy) is 3. The van der Waals surface area contributed by atoms with Crippen LogP contribution in [0.4, 0.5) is 15.8 Å². The third-order valence-corrected chi connectivity index (χ3v) is 6.40. The average molecular weight is 525 g/mol. The average Bonchev–Trinajstić information content (AvgIpc) is 3.16. The minimum absolute atomic E-state index is 0.224. The van der Waals surface area contributed by atoms with Crippen molar-refractivity contribution in [3.63, 3.8) is 0 Å². The number of nitrogens with zero attached hydrogens (tertiary/aromatic N) is 1. The van der Waals surface area contributed by atoms with E-state index in [2.05, 4.69) is 5.32 Å². The highest BCUT2D eigenvalue weighted by molar-refractivity contribution is 8.27. The molecule has 0 spiro atoms. The van der Waals surface area contributed by atoms with E-state index in [4.69, 9.17) is 26.4 Å². The topological polar surface area (TPSA) is 77.1 Å². The summed E-state index contributed by atoms with van der Waals surface area (Å²) in [5, 5.41) is 2.74. The molecule has 36 heavy (non-hydrogen) atoms. The molecular formula is C26H21FN2O5S2. The summed E-state index contributed by atoms with van der Waals surface area (Å²) < 4.78 is 29.8. The van der Waals surface area contributed by atoms with Crippen molar-refractivity contribution >= 4 is 57.6 Å². The van der Waals surface area contributed by atoms with E-state index < -0.39 is 5.82 Å². The Morgan fingerprint density at radius 3 is 2.42 bits per heavy atom. The first-order valence-corrected chi connectivity index (χ1v) is 11.9. The smallest absolute Gasteiger partial charge is 0.270 e. The molecule has 2 amide bonds. The summed E-state index contributed by atoms with van der Waals surface area (Å²) in [5.74, 6) is 0.425. The molecule has 184 valence electrons. The molecule has 1 heterocycles. The van der Waals surface area contributed by atoms with Crippen LogP contribution in [0.2, 0.25) is 0 Å².